The van der Waals surface area contributed by atoms with Crippen molar-refractivity contribution in [3.8, 4) is 0 Å². The van der Waals surface area contributed by atoms with Crippen LogP contribution in [-0.2, 0) is 52.1 Å². The number of aliphatic hydroxyl groups excluding tert-OH is 1. The molecule has 1 N–H and O–H groups in total. The first-order valence-corrected chi connectivity index (χ1v) is 22.6. The van der Waals surface area contributed by atoms with Crippen LogP contribution in [0.4, 0.5) is 0 Å². The van der Waals surface area contributed by atoms with E-state index in [0.717, 1.165) is 0 Å². The number of methoxy groups -OCH3 is 2. The molecule has 0 spiro atoms. The first-order chi connectivity index (χ1) is 27.0. The Bertz CT molecular complexity index is 1200. The zero-order valence-corrected chi connectivity index (χ0v) is 39.7. The molecule has 12 nitrogen and oxygen atoms in total. The van der Waals surface area contributed by atoms with Crippen LogP contribution in [-0.4, -0.2) is 101 Å². The third kappa shape index (κ3) is 11.7. The molecular formula is C46H86O12. The van der Waals surface area contributed by atoms with Gasteiger partial charge in [0.1, 0.15) is 0 Å². The van der Waals surface area contributed by atoms with E-state index >= 15 is 0 Å². The largest absolute Gasteiger partial charge is 0.382 e. The standard InChI is InChI=1S/C38H70O10.C8H16O2/c1-18-21(4)29(17-39-15)41-32(23(18)6)43-36-27(10)30(48-38(12,13)14)28(11)37(47-36)46-35-26(9)20(3)25(8)34(45-35)44-33-24(7)19(2)22(5)31(40-16)42-33;1-5-4-10-8(9)7(3)6(5)2/h18-37H,17H2,1-16H3;5-9H,4H2,1-3H3/t18-,19+,20+,21-,22?,23?,24-,25?,26-,27-,28?,29?,30-,31-,32+,33?,34-,35?,36?,37-;5-,6+,7?,8+/m01/s1. The molecule has 0 aromatic heterocycles. The molecule has 5 rings (SSSR count). The number of hydrogen-bond acceptors (Lipinski definition) is 12. The number of rotatable bonds is 10. The predicted molar refractivity (Wildman–Crippen MR) is 222 cm³/mol. The van der Waals surface area contributed by atoms with Crippen molar-refractivity contribution in [3.63, 3.8) is 0 Å². The van der Waals surface area contributed by atoms with Crippen molar-refractivity contribution in [2.45, 2.75) is 186 Å². The maximum atomic E-state index is 9.24. The van der Waals surface area contributed by atoms with Gasteiger partial charge in [-0.25, -0.2) is 0 Å². The summed E-state index contributed by atoms with van der Waals surface area (Å²) in [7, 11) is 3.40. The fourth-order valence-electron chi connectivity index (χ4n) is 9.28. The summed E-state index contributed by atoms with van der Waals surface area (Å²) in [6.07, 6.45) is -4.34. The molecular weight excluding hydrogens is 744 g/mol. The average Bonchev–Trinajstić information content (AvgIpc) is 3.17. The molecule has 5 fully saturated rings. The molecule has 58 heavy (non-hydrogen) atoms. The Labute approximate surface area is 352 Å². The maximum absolute atomic E-state index is 9.24. The zero-order valence-electron chi connectivity index (χ0n) is 39.7. The van der Waals surface area contributed by atoms with Gasteiger partial charge in [-0.1, -0.05) is 96.9 Å². The quantitative estimate of drug-likeness (QED) is 0.227. The van der Waals surface area contributed by atoms with E-state index in [1.54, 1.807) is 14.2 Å². The summed E-state index contributed by atoms with van der Waals surface area (Å²) in [5.74, 6) is 3.41. The van der Waals surface area contributed by atoms with Crippen LogP contribution in [0.25, 0.3) is 0 Å². The second-order valence-electron chi connectivity index (χ2n) is 20.3. The zero-order chi connectivity index (χ0) is 43.5. The van der Waals surface area contributed by atoms with E-state index in [1.165, 1.54) is 0 Å². The molecule has 0 aromatic carbocycles. The van der Waals surface area contributed by atoms with Gasteiger partial charge < -0.3 is 57.2 Å². The Morgan fingerprint density at radius 1 is 0.466 bits per heavy atom. The predicted octanol–water partition coefficient (Wildman–Crippen LogP) is 8.53. The van der Waals surface area contributed by atoms with E-state index in [1.807, 2.05) is 6.92 Å². The van der Waals surface area contributed by atoms with Gasteiger partial charge in [0.25, 0.3) is 0 Å². The fourth-order valence-corrected chi connectivity index (χ4v) is 9.28. The van der Waals surface area contributed by atoms with Gasteiger partial charge in [-0.3, -0.25) is 0 Å². The monoisotopic (exact) mass is 831 g/mol. The normalized spacial score (nSPS) is 50.5. The molecule has 5 aliphatic rings. The van der Waals surface area contributed by atoms with E-state index < -0.39 is 44.0 Å². The van der Waals surface area contributed by atoms with Crippen LogP contribution in [0.2, 0.25) is 0 Å². The van der Waals surface area contributed by atoms with Crippen LogP contribution in [0.5, 0.6) is 0 Å². The first-order valence-electron chi connectivity index (χ1n) is 22.6. The van der Waals surface area contributed by atoms with E-state index in [9.17, 15) is 5.11 Å². The molecule has 24 atom stereocenters. The summed E-state index contributed by atoms with van der Waals surface area (Å²) in [6, 6.07) is 0. The van der Waals surface area contributed by atoms with Crippen LogP contribution in [0, 0.1) is 82.9 Å². The SMILES string of the molecule is CC1[C@@H](C)[C@H](C)CO[C@@H]1O.COCC1O[C@H](OC2O[C@H](OC3O[C@H](OC4O[C@H](OC)C(C)[C@@H](C)[C@@H]4C)C(C)[C@@H](C)[C@@H]3C)C(C)[C@@H](OC(C)(C)C)[C@@H]2C)C(C)[C@@H](C)[C@@H]1C. The first kappa shape index (κ1) is 50.2. The summed E-state index contributed by atoms with van der Waals surface area (Å²) in [5, 5.41) is 9.24. The van der Waals surface area contributed by atoms with Crippen molar-refractivity contribution in [1.82, 2.24) is 0 Å². The van der Waals surface area contributed by atoms with Gasteiger partial charge in [0.2, 0.25) is 0 Å². The minimum Gasteiger partial charge on any atom is -0.382 e. The van der Waals surface area contributed by atoms with E-state index in [0.29, 0.717) is 42.8 Å². The molecule has 5 saturated heterocycles. The van der Waals surface area contributed by atoms with Crippen LogP contribution in [0.15, 0.2) is 0 Å². The smallest absolute Gasteiger partial charge is 0.168 e. The number of aliphatic hydroxyl groups is 1. The molecule has 0 amide bonds. The van der Waals surface area contributed by atoms with Crippen molar-refractivity contribution < 1.29 is 57.2 Å². The van der Waals surface area contributed by atoms with Crippen molar-refractivity contribution >= 4 is 0 Å². The highest BCUT2D eigenvalue weighted by atomic mass is 16.9. The lowest BCUT2D eigenvalue weighted by Gasteiger charge is -2.51. The van der Waals surface area contributed by atoms with Crippen LogP contribution >= 0.6 is 0 Å². The molecule has 0 saturated carbocycles. The van der Waals surface area contributed by atoms with Gasteiger partial charge >= 0.3 is 0 Å². The molecule has 5 heterocycles. The molecule has 0 radical (unpaired) electrons. The highest BCUT2D eigenvalue weighted by molar-refractivity contribution is 4.89. The second kappa shape index (κ2) is 21.3. The third-order valence-electron chi connectivity index (χ3n) is 15.3. The Hall–Kier alpha value is -0.480. The summed E-state index contributed by atoms with van der Waals surface area (Å²) in [5.41, 5.74) is -0.370. The van der Waals surface area contributed by atoms with Crippen LogP contribution in [0.3, 0.4) is 0 Å². The fraction of sp³-hybridized carbons (Fsp3) is 1.00. The number of ether oxygens (including phenoxy) is 11. The van der Waals surface area contributed by atoms with Gasteiger partial charge in [0.05, 0.1) is 31.0 Å². The summed E-state index contributed by atoms with van der Waals surface area (Å²) in [4.78, 5) is 0. The maximum Gasteiger partial charge on any atom is 0.168 e. The number of hydrogen-bond donors (Lipinski definition) is 1. The van der Waals surface area contributed by atoms with Crippen molar-refractivity contribution in [1.29, 1.82) is 0 Å². The van der Waals surface area contributed by atoms with Gasteiger partial charge in [-0.15, -0.1) is 0 Å². The second-order valence-corrected chi connectivity index (χ2v) is 20.3. The summed E-state index contributed by atoms with van der Waals surface area (Å²) in [6.45, 7) is 37.9. The lowest BCUT2D eigenvalue weighted by atomic mass is 9.79. The van der Waals surface area contributed by atoms with E-state index in [4.69, 9.17) is 52.1 Å². The Morgan fingerprint density at radius 3 is 1.24 bits per heavy atom. The Kier molecular flexibility index (Phi) is 18.4. The average molecular weight is 831 g/mol. The summed E-state index contributed by atoms with van der Waals surface area (Å²) >= 11 is 0. The molecule has 0 aliphatic carbocycles. The molecule has 12 heteroatoms. The highest BCUT2D eigenvalue weighted by Crippen LogP contribution is 2.44. The van der Waals surface area contributed by atoms with Crippen molar-refractivity contribution in [2.24, 2.45) is 82.9 Å². The molecule has 342 valence electrons. The minimum absolute atomic E-state index is 0.0594. The lowest BCUT2D eigenvalue weighted by molar-refractivity contribution is -0.425. The van der Waals surface area contributed by atoms with Gasteiger partial charge in [0, 0.05) is 61.6 Å². The van der Waals surface area contributed by atoms with Crippen molar-refractivity contribution in [2.75, 3.05) is 27.4 Å². The molecule has 9 unspecified atom stereocenters. The Balaban J connectivity index is 0.000000648. The van der Waals surface area contributed by atoms with Crippen molar-refractivity contribution in [3.05, 3.63) is 0 Å². The topological polar surface area (TPSA) is 122 Å². The van der Waals surface area contributed by atoms with Gasteiger partial charge in [-0.05, 0) is 56.3 Å². The van der Waals surface area contributed by atoms with E-state index in [2.05, 4.69) is 111 Å². The third-order valence-corrected chi connectivity index (χ3v) is 15.3. The highest BCUT2D eigenvalue weighted by Gasteiger charge is 2.51. The summed E-state index contributed by atoms with van der Waals surface area (Å²) < 4.78 is 69.5. The van der Waals surface area contributed by atoms with Gasteiger partial charge in [-0.2, -0.15) is 0 Å². The Morgan fingerprint density at radius 2 is 0.845 bits per heavy atom. The molecule has 0 aromatic rings. The van der Waals surface area contributed by atoms with Gasteiger partial charge in [0.15, 0.2) is 50.3 Å². The van der Waals surface area contributed by atoms with Crippen LogP contribution in [0.1, 0.15) is 118 Å². The van der Waals surface area contributed by atoms with E-state index in [-0.39, 0.29) is 77.4 Å². The minimum atomic E-state index is -0.638. The van der Waals surface area contributed by atoms with Crippen LogP contribution < -0.4 is 0 Å². The molecule has 5 aliphatic heterocycles. The lowest BCUT2D eigenvalue weighted by Crippen LogP contribution is -2.58. The molecule has 0 bridgehead atoms.